The van der Waals surface area contributed by atoms with Crippen LogP contribution in [0.3, 0.4) is 0 Å². The first-order valence-electron chi connectivity index (χ1n) is 6.17. The maximum atomic E-state index is 11.7. The molecule has 1 aromatic carbocycles. The first-order valence-corrected chi connectivity index (χ1v) is 6.17. The number of hydrogen-bond donors (Lipinski definition) is 3. The Bertz CT molecular complexity index is 438. The Hall–Kier alpha value is -1.88. The fourth-order valence-corrected chi connectivity index (χ4v) is 1.56. The van der Waals surface area contributed by atoms with Crippen LogP contribution in [0.2, 0.25) is 0 Å². The largest absolute Gasteiger partial charge is 0.480 e. The number of nitrogens with two attached hydrogens (primary N) is 1. The highest BCUT2D eigenvalue weighted by molar-refractivity contribution is 5.89. The summed E-state index contributed by atoms with van der Waals surface area (Å²) >= 11 is 0. The first-order chi connectivity index (χ1) is 8.80. The van der Waals surface area contributed by atoms with Crippen molar-refractivity contribution in [2.75, 3.05) is 0 Å². The third kappa shape index (κ3) is 5.09. The van der Waals surface area contributed by atoms with Crippen molar-refractivity contribution in [1.29, 1.82) is 0 Å². The summed E-state index contributed by atoms with van der Waals surface area (Å²) in [4.78, 5) is 22.8. The van der Waals surface area contributed by atoms with Gasteiger partial charge in [0.1, 0.15) is 6.04 Å². The molecule has 5 heteroatoms. The molecule has 0 saturated heterocycles. The topological polar surface area (TPSA) is 92.4 Å². The van der Waals surface area contributed by atoms with Crippen molar-refractivity contribution in [3.05, 3.63) is 35.9 Å². The Morgan fingerprint density at radius 2 is 1.89 bits per heavy atom. The zero-order valence-corrected chi connectivity index (χ0v) is 11.2. The molecule has 104 valence electrons. The van der Waals surface area contributed by atoms with Gasteiger partial charge in [-0.05, 0) is 32.3 Å². The summed E-state index contributed by atoms with van der Waals surface area (Å²) in [5.74, 6) is -1.51. The van der Waals surface area contributed by atoms with E-state index in [1.54, 1.807) is 13.8 Å². The second-order valence-corrected chi connectivity index (χ2v) is 5.11. The van der Waals surface area contributed by atoms with E-state index in [-0.39, 0.29) is 0 Å². The standard InChI is InChI=1S/C14H20N2O3/c1-14(2,15)13(19)16-11(12(17)18)9-8-10-6-4-3-5-7-10/h3-7,11H,8-9,15H2,1-2H3,(H,16,19)(H,17,18)/t11-/m1/s1. The Morgan fingerprint density at radius 3 is 2.37 bits per heavy atom. The minimum absolute atomic E-state index is 0.334. The van der Waals surface area contributed by atoms with E-state index in [9.17, 15) is 9.59 Å². The normalized spacial score (nSPS) is 12.8. The molecule has 0 aliphatic rings. The number of amides is 1. The van der Waals surface area contributed by atoms with Crippen LogP contribution in [-0.2, 0) is 16.0 Å². The number of aliphatic carboxylic acids is 1. The Kier molecular flexibility index (Phi) is 5.06. The zero-order chi connectivity index (χ0) is 14.5. The molecule has 0 saturated carbocycles. The van der Waals surface area contributed by atoms with E-state index in [0.29, 0.717) is 12.8 Å². The van der Waals surface area contributed by atoms with Gasteiger partial charge in [0.15, 0.2) is 0 Å². The highest BCUT2D eigenvalue weighted by atomic mass is 16.4. The quantitative estimate of drug-likeness (QED) is 0.712. The number of rotatable bonds is 6. The summed E-state index contributed by atoms with van der Waals surface area (Å²) in [6.07, 6.45) is 0.921. The lowest BCUT2D eigenvalue weighted by molar-refractivity contribution is -0.142. The smallest absolute Gasteiger partial charge is 0.326 e. The van der Waals surface area contributed by atoms with E-state index in [1.165, 1.54) is 0 Å². The lowest BCUT2D eigenvalue weighted by Crippen LogP contribution is -2.54. The molecule has 5 nitrogen and oxygen atoms in total. The van der Waals surface area contributed by atoms with Gasteiger partial charge >= 0.3 is 5.97 Å². The summed E-state index contributed by atoms with van der Waals surface area (Å²) in [6, 6.07) is 8.62. The number of nitrogens with one attached hydrogen (secondary N) is 1. The number of carbonyl (C=O) groups excluding carboxylic acids is 1. The average Bonchev–Trinajstić information content (AvgIpc) is 2.33. The van der Waals surface area contributed by atoms with Crippen LogP contribution in [0.4, 0.5) is 0 Å². The van der Waals surface area contributed by atoms with E-state index in [1.807, 2.05) is 30.3 Å². The second kappa shape index (κ2) is 6.33. The van der Waals surface area contributed by atoms with Gasteiger partial charge in [-0.15, -0.1) is 0 Å². The van der Waals surface area contributed by atoms with Crippen molar-refractivity contribution in [1.82, 2.24) is 5.32 Å². The molecule has 1 rings (SSSR count). The SMILES string of the molecule is CC(C)(N)C(=O)N[C@H](CCc1ccccc1)C(=O)O. The zero-order valence-electron chi connectivity index (χ0n) is 11.2. The molecule has 0 radical (unpaired) electrons. The van der Waals surface area contributed by atoms with Gasteiger partial charge in [-0.2, -0.15) is 0 Å². The van der Waals surface area contributed by atoms with Gasteiger partial charge < -0.3 is 16.2 Å². The van der Waals surface area contributed by atoms with Gasteiger partial charge in [-0.1, -0.05) is 30.3 Å². The molecule has 4 N–H and O–H groups in total. The lowest BCUT2D eigenvalue weighted by atomic mass is 10.0. The molecule has 0 fully saturated rings. The molecule has 0 unspecified atom stereocenters. The summed E-state index contributed by atoms with van der Waals surface area (Å²) in [6.45, 7) is 3.08. The third-order valence-corrected chi connectivity index (χ3v) is 2.75. The number of carboxylic acid groups (broad SMARTS) is 1. The van der Waals surface area contributed by atoms with Crippen molar-refractivity contribution in [2.24, 2.45) is 5.73 Å². The summed E-state index contributed by atoms with van der Waals surface area (Å²) < 4.78 is 0. The number of carboxylic acids is 1. The lowest BCUT2D eigenvalue weighted by Gasteiger charge is -2.21. The van der Waals surface area contributed by atoms with Crippen LogP contribution in [0.5, 0.6) is 0 Å². The molecule has 1 amide bonds. The van der Waals surface area contributed by atoms with E-state index in [4.69, 9.17) is 10.8 Å². The molecule has 0 aliphatic heterocycles. The summed E-state index contributed by atoms with van der Waals surface area (Å²) in [7, 11) is 0. The van der Waals surface area contributed by atoms with Crippen LogP contribution < -0.4 is 11.1 Å². The molecule has 0 aromatic heterocycles. The fourth-order valence-electron chi connectivity index (χ4n) is 1.56. The Morgan fingerprint density at radius 1 is 1.32 bits per heavy atom. The molecular weight excluding hydrogens is 244 g/mol. The van der Waals surface area contributed by atoms with Crippen LogP contribution in [0.25, 0.3) is 0 Å². The molecule has 0 aliphatic carbocycles. The summed E-state index contributed by atoms with van der Waals surface area (Å²) in [5.41, 5.74) is 5.58. The molecule has 0 spiro atoms. The third-order valence-electron chi connectivity index (χ3n) is 2.75. The molecule has 1 atom stereocenters. The van der Waals surface area contributed by atoms with Gasteiger partial charge in [-0.3, -0.25) is 4.79 Å². The minimum Gasteiger partial charge on any atom is -0.480 e. The van der Waals surface area contributed by atoms with E-state index in [2.05, 4.69) is 5.32 Å². The fraction of sp³-hybridized carbons (Fsp3) is 0.429. The number of benzene rings is 1. The predicted octanol–water partition coefficient (Wildman–Crippen LogP) is 0.926. The number of carbonyl (C=O) groups is 2. The van der Waals surface area contributed by atoms with Crippen LogP contribution >= 0.6 is 0 Å². The molecule has 1 aromatic rings. The minimum atomic E-state index is -1.08. The number of aryl methyl sites for hydroxylation is 1. The first kappa shape index (κ1) is 15.2. The maximum Gasteiger partial charge on any atom is 0.326 e. The molecular formula is C14H20N2O3. The van der Waals surface area contributed by atoms with Crippen molar-refractivity contribution >= 4 is 11.9 Å². The van der Waals surface area contributed by atoms with Crippen LogP contribution in [0.15, 0.2) is 30.3 Å². The van der Waals surface area contributed by atoms with Gasteiger partial charge in [0.05, 0.1) is 5.54 Å². The van der Waals surface area contributed by atoms with Crippen LogP contribution in [0.1, 0.15) is 25.8 Å². The van der Waals surface area contributed by atoms with Crippen molar-refractivity contribution < 1.29 is 14.7 Å². The van der Waals surface area contributed by atoms with E-state index < -0.39 is 23.5 Å². The van der Waals surface area contributed by atoms with Gasteiger partial charge in [0, 0.05) is 0 Å². The van der Waals surface area contributed by atoms with E-state index in [0.717, 1.165) is 5.56 Å². The second-order valence-electron chi connectivity index (χ2n) is 5.11. The molecule has 0 heterocycles. The van der Waals surface area contributed by atoms with E-state index >= 15 is 0 Å². The predicted molar refractivity (Wildman–Crippen MR) is 72.6 cm³/mol. The average molecular weight is 264 g/mol. The maximum absolute atomic E-state index is 11.7. The van der Waals surface area contributed by atoms with Crippen molar-refractivity contribution in [3.8, 4) is 0 Å². The highest BCUT2D eigenvalue weighted by Crippen LogP contribution is 2.06. The summed E-state index contributed by atoms with van der Waals surface area (Å²) in [5, 5.41) is 11.6. The Labute approximate surface area is 112 Å². The van der Waals surface area contributed by atoms with Gasteiger partial charge in [0.25, 0.3) is 0 Å². The molecule has 0 bridgehead atoms. The highest BCUT2D eigenvalue weighted by Gasteiger charge is 2.27. The Balaban J connectivity index is 2.59. The monoisotopic (exact) mass is 264 g/mol. The van der Waals surface area contributed by atoms with Crippen LogP contribution in [0, 0.1) is 0 Å². The molecule has 19 heavy (non-hydrogen) atoms. The number of hydrogen-bond acceptors (Lipinski definition) is 3. The van der Waals surface area contributed by atoms with Crippen molar-refractivity contribution in [3.63, 3.8) is 0 Å². The van der Waals surface area contributed by atoms with Gasteiger partial charge in [-0.25, -0.2) is 4.79 Å². The van der Waals surface area contributed by atoms with Crippen LogP contribution in [-0.4, -0.2) is 28.6 Å². The van der Waals surface area contributed by atoms with Crippen molar-refractivity contribution in [2.45, 2.75) is 38.3 Å². The van der Waals surface area contributed by atoms with Gasteiger partial charge in [0.2, 0.25) is 5.91 Å².